The number of carbonyl (C=O) groups is 1. The van der Waals surface area contributed by atoms with E-state index in [0.717, 1.165) is 31.2 Å². The van der Waals surface area contributed by atoms with E-state index in [1.54, 1.807) is 0 Å². The lowest BCUT2D eigenvalue weighted by molar-refractivity contribution is -0.137. The smallest absolute Gasteiger partial charge is 0.308 e. The summed E-state index contributed by atoms with van der Waals surface area (Å²) in [4.78, 5) is 11.1. The first-order chi connectivity index (χ1) is 9.67. The van der Waals surface area contributed by atoms with Crippen molar-refractivity contribution >= 4 is 12.0 Å². The lowest BCUT2D eigenvalue weighted by Crippen LogP contribution is -1.98. The zero-order valence-corrected chi connectivity index (χ0v) is 12.3. The fourth-order valence-corrected chi connectivity index (χ4v) is 1.84. The molecule has 106 valence electrons. The van der Waals surface area contributed by atoms with Crippen molar-refractivity contribution in [2.45, 2.75) is 39.5 Å². The molecule has 1 aromatic rings. The molecule has 0 amide bonds. The van der Waals surface area contributed by atoms with Gasteiger partial charge in [0.15, 0.2) is 0 Å². The molecule has 0 unspecified atom stereocenters. The van der Waals surface area contributed by atoms with Gasteiger partial charge in [-0.1, -0.05) is 49.4 Å². The molecule has 0 saturated heterocycles. The monoisotopic (exact) mass is 270 g/mol. The molecule has 0 N–H and O–H groups in total. The molecule has 0 radical (unpaired) electrons. The van der Waals surface area contributed by atoms with Gasteiger partial charge in [-0.25, -0.2) is 0 Å². The number of esters is 1. The summed E-state index contributed by atoms with van der Waals surface area (Å²) in [5.74, 6) is 0.309. The van der Waals surface area contributed by atoms with E-state index in [4.69, 9.17) is 4.74 Å². The van der Waals surface area contributed by atoms with Crippen molar-refractivity contribution in [3.05, 3.63) is 59.5 Å². The lowest BCUT2D eigenvalue weighted by atomic mass is 10.0. The van der Waals surface area contributed by atoms with Gasteiger partial charge in [0.05, 0.1) is 0 Å². The molecule has 1 aromatic carbocycles. The summed E-state index contributed by atoms with van der Waals surface area (Å²) in [6, 6.07) is 8.07. The van der Waals surface area contributed by atoms with E-state index in [2.05, 4.69) is 25.3 Å². The highest BCUT2D eigenvalue weighted by molar-refractivity contribution is 5.67. The van der Waals surface area contributed by atoms with Crippen molar-refractivity contribution in [1.82, 2.24) is 0 Å². The number of allylic oxidation sites excluding steroid dienone is 2. The average molecular weight is 270 g/mol. The van der Waals surface area contributed by atoms with Gasteiger partial charge in [-0.15, -0.1) is 6.58 Å². The number of hydrogen-bond acceptors (Lipinski definition) is 2. The zero-order chi connectivity index (χ0) is 14.8. The maximum absolute atomic E-state index is 11.1. The number of benzene rings is 1. The molecule has 0 atom stereocenters. The fourth-order valence-electron chi connectivity index (χ4n) is 1.84. The molecule has 2 nitrogen and oxygen atoms in total. The van der Waals surface area contributed by atoms with Crippen LogP contribution in [-0.2, 0) is 16.0 Å². The van der Waals surface area contributed by atoms with Gasteiger partial charge in [0.2, 0.25) is 0 Å². The van der Waals surface area contributed by atoms with Crippen LogP contribution in [-0.4, -0.2) is 5.97 Å². The second-order valence-corrected chi connectivity index (χ2v) is 4.60. The number of unbranched alkanes of at least 4 members (excludes halogenated alkanes) is 1. The normalized spacial score (nSPS) is 9.50. The molecule has 0 aliphatic carbocycles. The minimum atomic E-state index is -0.295. The highest BCUT2D eigenvalue weighted by Gasteiger charge is 2.01. The molecule has 0 heterocycles. The van der Waals surface area contributed by atoms with Gasteiger partial charge in [-0.2, -0.15) is 0 Å². The third-order valence-corrected chi connectivity index (χ3v) is 2.83. The van der Waals surface area contributed by atoms with E-state index < -0.39 is 0 Å². The third kappa shape index (κ3) is 5.73. The zero-order valence-electron chi connectivity index (χ0n) is 12.3. The Morgan fingerprint density at radius 3 is 2.80 bits per heavy atom. The average Bonchev–Trinajstić information content (AvgIpc) is 2.43. The second kappa shape index (κ2) is 8.95. The van der Waals surface area contributed by atoms with Crippen molar-refractivity contribution < 1.29 is 9.53 Å². The molecule has 0 aromatic heterocycles. The van der Waals surface area contributed by atoms with Crippen molar-refractivity contribution in [1.29, 1.82) is 0 Å². The summed E-state index contributed by atoms with van der Waals surface area (Å²) in [5.41, 5.74) is 5.38. The Hall–Kier alpha value is -2.05. The Balaban J connectivity index is 3.01. The van der Waals surface area contributed by atoms with Crippen molar-refractivity contribution in [3.63, 3.8) is 0 Å². The summed E-state index contributed by atoms with van der Waals surface area (Å²) < 4.78 is 5.19. The summed E-state index contributed by atoms with van der Waals surface area (Å²) in [7, 11) is 0. The predicted molar refractivity (Wildman–Crippen MR) is 83.1 cm³/mol. The first kappa shape index (κ1) is 16.0. The molecular formula is C18H22O2. The van der Waals surface area contributed by atoms with E-state index >= 15 is 0 Å². The maximum Gasteiger partial charge on any atom is 0.308 e. The van der Waals surface area contributed by atoms with E-state index in [9.17, 15) is 4.79 Å². The molecule has 0 fully saturated rings. The maximum atomic E-state index is 11.1. The van der Waals surface area contributed by atoms with Crippen LogP contribution in [0.4, 0.5) is 0 Å². The molecule has 0 bridgehead atoms. The summed E-state index contributed by atoms with van der Waals surface area (Å²) >= 11 is 0. The van der Waals surface area contributed by atoms with Crippen LogP contribution in [0.1, 0.15) is 44.2 Å². The summed E-state index contributed by atoms with van der Waals surface area (Å²) in [6.07, 6.45) is 7.34. The number of hydrogen-bond donors (Lipinski definition) is 0. The fraction of sp³-hybridized carbons (Fsp3) is 0.333. The van der Waals surface area contributed by atoms with E-state index in [-0.39, 0.29) is 5.97 Å². The van der Waals surface area contributed by atoms with Crippen molar-refractivity contribution in [2.24, 2.45) is 0 Å². The molecule has 0 spiro atoms. The first-order valence-corrected chi connectivity index (χ1v) is 7.00. The molecular weight excluding hydrogens is 248 g/mol. The summed E-state index contributed by atoms with van der Waals surface area (Å²) in [6.45, 7) is 7.28. The van der Waals surface area contributed by atoms with Crippen LogP contribution in [0.15, 0.2) is 48.4 Å². The predicted octanol–water partition coefficient (Wildman–Crippen LogP) is 4.66. The standard InChI is InChI=1S/C18H22O2/c1-4-6-12-18(20-15(3)19)14-13-17-11-8-7-10-16(17)9-5-2/h5,7-8,10-11,13H,2,4,6,9,12H2,1,3H3. The Morgan fingerprint density at radius 1 is 1.40 bits per heavy atom. The van der Waals surface area contributed by atoms with Crippen LogP contribution in [0, 0.1) is 0 Å². The number of carbonyl (C=O) groups excluding carboxylic acids is 1. The van der Waals surface area contributed by atoms with Gasteiger partial charge in [0.25, 0.3) is 0 Å². The molecule has 2 heteroatoms. The Bertz CT molecular complexity index is 520. The van der Waals surface area contributed by atoms with Gasteiger partial charge in [0.1, 0.15) is 5.76 Å². The molecule has 0 saturated carbocycles. The van der Waals surface area contributed by atoms with Crippen molar-refractivity contribution in [2.75, 3.05) is 0 Å². The second-order valence-electron chi connectivity index (χ2n) is 4.60. The number of rotatable bonds is 7. The van der Waals surface area contributed by atoms with Gasteiger partial charge in [0, 0.05) is 13.3 Å². The highest BCUT2D eigenvalue weighted by atomic mass is 16.5. The SMILES string of the molecule is C=CCc1ccccc1C=C=C(CCCC)OC(C)=O. The Kier molecular flexibility index (Phi) is 7.16. The van der Waals surface area contributed by atoms with Crippen LogP contribution in [0.2, 0.25) is 0 Å². The van der Waals surface area contributed by atoms with Gasteiger partial charge in [-0.3, -0.25) is 4.79 Å². The van der Waals surface area contributed by atoms with Crippen LogP contribution < -0.4 is 0 Å². The van der Waals surface area contributed by atoms with Crippen LogP contribution in [0.3, 0.4) is 0 Å². The minimum absolute atomic E-state index is 0.295. The van der Waals surface area contributed by atoms with Crippen LogP contribution in [0.25, 0.3) is 6.08 Å². The topological polar surface area (TPSA) is 26.3 Å². The lowest BCUT2D eigenvalue weighted by Gasteiger charge is -2.04. The van der Waals surface area contributed by atoms with Gasteiger partial charge >= 0.3 is 5.97 Å². The Morgan fingerprint density at radius 2 is 2.15 bits per heavy atom. The molecule has 0 aliphatic heterocycles. The number of ether oxygens (including phenoxy) is 1. The summed E-state index contributed by atoms with van der Waals surface area (Å²) in [5, 5.41) is 0. The third-order valence-electron chi connectivity index (χ3n) is 2.83. The molecule has 1 rings (SSSR count). The minimum Gasteiger partial charge on any atom is -0.423 e. The molecule has 20 heavy (non-hydrogen) atoms. The van der Waals surface area contributed by atoms with Crippen LogP contribution >= 0.6 is 0 Å². The van der Waals surface area contributed by atoms with Crippen molar-refractivity contribution in [3.8, 4) is 0 Å². The van der Waals surface area contributed by atoms with Gasteiger partial charge < -0.3 is 4.74 Å². The highest BCUT2D eigenvalue weighted by Crippen LogP contribution is 2.13. The molecule has 0 aliphatic rings. The van der Waals surface area contributed by atoms with Crippen LogP contribution in [0.5, 0.6) is 0 Å². The van der Waals surface area contributed by atoms with E-state index in [1.165, 1.54) is 12.5 Å². The first-order valence-electron chi connectivity index (χ1n) is 7.00. The van der Waals surface area contributed by atoms with E-state index in [1.807, 2.05) is 30.4 Å². The van der Waals surface area contributed by atoms with E-state index in [0.29, 0.717) is 5.76 Å². The quantitative estimate of drug-likeness (QED) is 0.311. The largest absolute Gasteiger partial charge is 0.423 e. The Labute approximate surface area is 121 Å². The van der Waals surface area contributed by atoms with Gasteiger partial charge in [-0.05, 0) is 30.0 Å².